The van der Waals surface area contributed by atoms with Crippen molar-refractivity contribution >= 4 is 17.2 Å². The molecule has 1 saturated carbocycles. The van der Waals surface area contributed by atoms with Crippen molar-refractivity contribution in [3.63, 3.8) is 0 Å². The maximum absolute atomic E-state index is 12.5. The summed E-state index contributed by atoms with van der Waals surface area (Å²) < 4.78 is 0. The third-order valence-corrected chi connectivity index (χ3v) is 4.88. The Hall–Kier alpha value is -0.870. The van der Waals surface area contributed by atoms with Crippen LogP contribution in [0.5, 0.6) is 0 Å². The molecule has 1 aromatic rings. The lowest BCUT2D eigenvalue weighted by Crippen LogP contribution is -2.38. The third kappa shape index (κ3) is 1.97. The first-order chi connectivity index (χ1) is 8.81. The average molecular weight is 264 g/mol. The smallest absolute Gasteiger partial charge is 0.241 e. The molecule has 1 amide bonds. The number of carbonyl (C=O) groups excluding carboxylic acids is 1. The number of amides is 1. The molecule has 2 heterocycles. The standard InChI is InChI=1S/C14H20N2OS/c1-2-12-14(17)16(11-5-3-4-6-11)13(15-12)10-7-8-18-9-10/h7-9,11-13,15H,2-6H2,1H3. The van der Waals surface area contributed by atoms with Crippen molar-refractivity contribution in [2.24, 2.45) is 0 Å². The van der Waals surface area contributed by atoms with Gasteiger partial charge in [-0.3, -0.25) is 10.1 Å². The normalized spacial score (nSPS) is 29.4. The number of hydrogen-bond donors (Lipinski definition) is 1. The molecule has 0 bridgehead atoms. The summed E-state index contributed by atoms with van der Waals surface area (Å²) in [5, 5.41) is 7.75. The van der Waals surface area contributed by atoms with Crippen LogP contribution in [0.4, 0.5) is 0 Å². The minimum atomic E-state index is 0.00972. The zero-order chi connectivity index (χ0) is 12.5. The summed E-state index contributed by atoms with van der Waals surface area (Å²) in [5.74, 6) is 0.306. The molecule has 2 fully saturated rings. The molecule has 0 aromatic carbocycles. The Morgan fingerprint density at radius 1 is 1.44 bits per heavy atom. The fourth-order valence-corrected chi connectivity index (χ4v) is 3.88. The van der Waals surface area contributed by atoms with E-state index < -0.39 is 0 Å². The lowest BCUT2D eigenvalue weighted by Gasteiger charge is -2.29. The Kier molecular flexibility index (Phi) is 3.39. The molecule has 4 heteroatoms. The van der Waals surface area contributed by atoms with E-state index in [1.807, 2.05) is 0 Å². The first-order valence-electron chi connectivity index (χ1n) is 6.91. The molecule has 0 radical (unpaired) electrons. The lowest BCUT2D eigenvalue weighted by molar-refractivity contribution is -0.132. The summed E-state index contributed by atoms with van der Waals surface area (Å²) in [7, 11) is 0. The molecule has 1 saturated heterocycles. The van der Waals surface area contributed by atoms with Crippen molar-refractivity contribution in [2.75, 3.05) is 0 Å². The van der Waals surface area contributed by atoms with Gasteiger partial charge in [0.25, 0.3) is 0 Å². The minimum absolute atomic E-state index is 0.00972. The predicted molar refractivity (Wildman–Crippen MR) is 73.4 cm³/mol. The second kappa shape index (κ2) is 5.02. The van der Waals surface area contributed by atoms with E-state index in [4.69, 9.17) is 0 Å². The molecule has 1 aliphatic carbocycles. The molecule has 2 aliphatic rings. The Bertz CT molecular complexity index is 411. The maximum atomic E-state index is 12.5. The highest BCUT2D eigenvalue weighted by Crippen LogP contribution is 2.35. The second-order valence-corrected chi connectivity index (χ2v) is 6.05. The lowest BCUT2D eigenvalue weighted by atomic mass is 10.1. The molecule has 0 spiro atoms. The van der Waals surface area contributed by atoms with Crippen molar-refractivity contribution in [3.05, 3.63) is 22.4 Å². The van der Waals surface area contributed by atoms with Crippen LogP contribution in [0.15, 0.2) is 16.8 Å². The van der Waals surface area contributed by atoms with Crippen LogP contribution in [-0.4, -0.2) is 22.9 Å². The van der Waals surface area contributed by atoms with Crippen molar-refractivity contribution < 1.29 is 4.79 Å². The van der Waals surface area contributed by atoms with Gasteiger partial charge in [-0.1, -0.05) is 19.8 Å². The minimum Gasteiger partial charge on any atom is -0.319 e. The highest BCUT2D eigenvalue weighted by molar-refractivity contribution is 7.07. The summed E-state index contributed by atoms with van der Waals surface area (Å²) in [4.78, 5) is 14.6. The van der Waals surface area contributed by atoms with Crippen LogP contribution >= 0.6 is 11.3 Å². The first-order valence-corrected chi connectivity index (χ1v) is 7.86. The van der Waals surface area contributed by atoms with Crippen LogP contribution < -0.4 is 5.32 Å². The van der Waals surface area contributed by atoms with Crippen LogP contribution in [0.2, 0.25) is 0 Å². The van der Waals surface area contributed by atoms with Gasteiger partial charge in [-0.15, -0.1) is 0 Å². The van der Waals surface area contributed by atoms with E-state index in [0.29, 0.717) is 11.9 Å². The van der Waals surface area contributed by atoms with E-state index in [1.165, 1.54) is 31.2 Å². The molecule has 3 nitrogen and oxygen atoms in total. The molecule has 2 unspecified atom stereocenters. The molecule has 98 valence electrons. The molecule has 1 aromatic heterocycles. The van der Waals surface area contributed by atoms with Crippen LogP contribution in [0.25, 0.3) is 0 Å². The Morgan fingerprint density at radius 2 is 2.22 bits per heavy atom. The zero-order valence-electron chi connectivity index (χ0n) is 10.8. The SMILES string of the molecule is CCC1NC(c2ccsc2)N(C2CCCC2)C1=O. The van der Waals surface area contributed by atoms with Crippen molar-refractivity contribution in [3.8, 4) is 0 Å². The van der Waals surface area contributed by atoms with E-state index >= 15 is 0 Å². The van der Waals surface area contributed by atoms with Gasteiger partial charge >= 0.3 is 0 Å². The number of carbonyl (C=O) groups is 1. The molecular weight excluding hydrogens is 244 g/mol. The molecular formula is C14H20N2OS. The van der Waals surface area contributed by atoms with E-state index in [9.17, 15) is 4.79 Å². The monoisotopic (exact) mass is 264 g/mol. The van der Waals surface area contributed by atoms with E-state index in [-0.39, 0.29) is 12.2 Å². The van der Waals surface area contributed by atoms with Gasteiger partial charge in [-0.05, 0) is 41.7 Å². The van der Waals surface area contributed by atoms with Crippen molar-refractivity contribution in [1.82, 2.24) is 10.2 Å². The molecule has 18 heavy (non-hydrogen) atoms. The molecule has 3 rings (SSSR count). The van der Waals surface area contributed by atoms with Gasteiger partial charge in [0.05, 0.1) is 6.04 Å². The van der Waals surface area contributed by atoms with E-state index in [1.54, 1.807) is 11.3 Å². The second-order valence-electron chi connectivity index (χ2n) is 5.27. The van der Waals surface area contributed by atoms with Crippen molar-refractivity contribution in [1.29, 1.82) is 0 Å². The zero-order valence-corrected chi connectivity index (χ0v) is 11.6. The van der Waals surface area contributed by atoms with Gasteiger partial charge in [0, 0.05) is 6.04 Å². The number of thiophene rings is 1. The average Bonchev–Trinajstić information content (AvgIpc) is 3.08. The van der Waals surface area contributed by atoms with Gasteiger partial charge in [-0.25, -0.2) is 0 Å². The first kappa shape index (κ1) is 12.2. The summed E-state index contributed by atoms with van der Waals surface area (Å²) in [6.07, 6.45) is 5.86. The largest absolute Gasteiger partial charge is 0.319 e. The quantitative estimate of drug-likeness (QED) is 0.910. The molecule has 1 N–H and O–H groups in total. The van der Waals surface area contributed by atoms with Gasteiger partial charge in [0.15, 0.2) is 0 Å². The van der Waals surface area contributed by atoms with Crippen LogP contribution in [0, 0.1) is 0 Å². The summed E-state index contributed by atoms with van der Waals surface area (Å²) in [5.41, 5.74) is 1.25. The van der Waals surface area contributed by atoms with E-state index in [0.717, 1.165) is 6.42 Å². The van der Waals surface area contributed by atoms with Gasteiger partial charge in [0.2, 0.25) is 5.91 Å². The van der Waals surface area contributed by atoms with Gasteiger partial charge < -0.3 is 4.90 Å². The Labute approximate surface area is 112 Å². The summed E-state index contributed by atoms with van der Waals surface area (Å²) in [6, 6.07) is 2.59. The highest BCUT2D eigenvalue weighted by atomic mass is 32.1. The highest BCUT2D eigenvalue weighted by Gasteiger charge is 2.42. The maximum Gasteiger partial charge on any atom is 0.241 e. The number of nitrogens with one attached hydrogen (secondary N) is 1. The summed E-state index contributed by atoms with van der Waals surface area (Å²) in [6.45, 7) is 2.08. The predicted octanol–water partition coefficient (Wildman–Crippen LogP) is 2.90. The molecule has 1 aliphatic heterocycles. The molecule has 2 atom stereocenters. The third-order valence-electron chi connectivity index (χ3n) is 4.18. The number of nitrogens with zero attached hydrogens (tertiary/aromatic N) is 1. The number of rotatable bonds is 3. The van der Waals surface area contributed by atoms with Crippen LogP contribution in [0.3, 0.4) is 0 Å². The fourth-order valence-electron chi connectivity index (χ4n) is 3.20. The summed E-state index contributed by atoms with van der Waals surface area (Å²) >= 11 is 1.70. The Balaban J connectivity index is 1.88. The van der Waals surface area contributed by atoms with Crippen molar-refractivity contribution in [2.45, 2.75) is 57.3 Å². The Morgan fingerprint density at radius 3 is 2.83 bits per heavy atom. The van der Waals surface area contributed by atoms with Crippen LogP contribution in [-0.2, 0) is 4.79 Å². The van der Waals surface area contributed by atoms with Crippen LogP contribution in [0.1, 0.15) is 50.8 Å². The van der Waals surface area contributed by atoms with E-state index in [2.05, 4.69) is 34.0 Å². The number of hydrogen-bond acceptors (Lipinski definition) is 3. The fraction of sp³-hybridized carbons (Fsp3) is 0.643. The topological polar surface area (TPSA) is 32.3 Å². The van der Waals surface area contributed by atoms with Gasteiger partial charge in [-0.2, -0.15) is 11.3 Å². The van der Waals surface area contributed by atoms with Gasteiger partial charge in [0.1, 0.15) is 6.17 Å².